The van der Waals surface area contributed by atoms with Crippen molar-refractivity contribution in [2.24, 2.45) is 0 Å². The summed E-state index contributed by atoms with van der Waals surface area (Å²) in [5, 5.41) is -0.150. The van der Waals surface area contributed by atoms with Gasteiger partial charge in [-0.15, -0.1) is 0 Å². The number of hydrogen-bond acceptors (Lipinski definition) is 4. The molecule has 0 N–H and O–H groups in total. The molecule has 5 heteroatoms. The number of carbonyl (C=O) groups is 1. The van der Waals surface area contributed by atoms with E-state index in [0.717, 1.165) is 19.4 Å². The monoisotopic (exact) mass is 248 g/mol. The van der Waals surface area contributed by atoms with Gasteiger partial charge in [0.25, 0.3) is 0 Å². The van der Waals surface area contributed by atoms with Crippen molar-refractivity contribution in [3.05, 3.63) is 0 Å². The molecule has 3 unspecified atom stereocenters. The Morgan fingerprint density at radius 3 is 2.94 bits per heavy atom. The zero-order chi connectivity index (χ0) is 12.0. The minimum absolute atomic E-state index is 0.116. The molecule has 1 heterocycles. The van der Waals surface area contributed by atoms with Gasteiger partial charge in [-0.25, -0.2) is 0 Å². The third kappa shape index (κ3) is 4.61. The molecular formula is C11H20O4S. The van der Waals surface area contributed by atoms with Crippen molar-refractivity contribution in [1.29, 1.82) is 0 Å². The van der Waals surface area contributed by atoms with Crippen LogP contribution in [0.5, 0.6) is 0 Å². The van der Waals surface area contributed by atoms with Crippen molar-refractivity contribution in [2.75, 3.05) is 19.0 Å². The van der Waals surface area contributed by atoms with Gasteiger partial charge < -0.3 is 9.47 Å². The van der Waals surface area contributed by atoms with E-state index in [9.17, 15) is 9.00 Å². The first-order valence-corrected chi connectivity index (χ1v) is 7.16. The van der Waals surface area contributed by atoms with Crippen LogP contribution in [0.3, 0.4) is 0 Å². The molecule has 0 aromatic carbocycles. The predicted octanol–water partition coefficient (Wildman–Crippen LogP) is 1.26. The maximum atomic E-state index is 11.9. The molecule has 0 aromatic rings. The van der Waals surface area contributed by atoms with E-state index in [-0.39, 0.29) is 23.7 Å². The molecule has 0 amide bonds. The summed E-state index contributed by atoms with van der Waals surface area (Å²) in [7, 11) is -1.00. The fourth-order valence-electron chi connectivity index (χ4n) is 1.67. The summed E-state index contributed by atoms with van der Waals surface area (Å²) in [6.07, 6.45) is 2.38. The molecule has 0 saturated carbocycles. The summed E-state index contributed by atoms with van der Waals surface area (Å²) < 4.78 is 22.1. The third-order valence-corrected chi connectivity index (χ3v) is 4.35. The molecule has 0 aromatic heterocycles. The van der Waals surface area contributed by atoms with E-state index >= 15 is 0 Å². The molecule has 3 atom stereocenters. The van der Waals surface area contributed by atoms with E-state index in [0.29, 0.717) is 12.4 Å². The second-order valence-corrected chi connectivity index (χ2v) is 5.90. The highest BCUT2D eigenvalue weighted by Crippen LogP contribution is 2.15. The highest BCUT2D eigenvalue weighted by molar-refractivity contribution is 7.85. The Bertz CT molecular complexity index is 248. The van der Waals surface area contributed by atoms with Crippen LogP contribution < -0.4 is 0 Å². The highest BCUT2D eigenvalue weighted by Gasteiger charge is 2.23. The Labute approximate surface area is 99.1 Å². The van der Waals surface area contributed by atoms with Crippen molar-refractivity contribution in [3.8, 4) is 0 Å². The van der Waals surface area contributed by atoms with Gasteiger partial charge in [0, 0.05) is 22.7 Å². The molecule has 0 radical (unpaired) electrons. The summed E-state index contributed by atoms with van der Waals surface area (Å²) in [5.41, 5.74) is 0. The fourth-order valence-corrected chi connectivity index (χ4v) is 2.95. The van der Waals surface area contributed by atoms with Crippen molar-refractivity contribution in [3.63, 3.8) is 0 Å². The van der Waals surface area contributed by atoms with Gasteiger partial charge in [-0.2, -0.15) is 0 Å². The second kappa shape index (κ2) is 7.01. The second-order valence-electron chi connectivity index (χ2n) is 4.00. The maximum Gasteiger partial charge on any atom is 0.306 e. The van der Waals surface area contributed by atoms with E-state index in [1.54, 1.807) is 6.92 Å². The van der Waals surface area contributed by atoms with Gasteiger partial charge in [0.05, 0.1) is 24.9 Å². The van der Waals surface area contributed by atoms with E-state index in [4.69, 9.17) is 9.47 Å². The molecular weight excluding hydrogens is 228 g/mol. The normalized spacial score (nSPS) is 24.0. The van der Waals surface area contributed by atoms with Crippen molar-refractivity contribution < 1.29 is 18.5 Å². The Hall–Kier alpha value is -0.420. The Morgan fingerprint density at radius 1 is 1.62 bits per heavy atom. The molecule has 1 aliphatic rings. The lowest BCUT2D eigenvalue weighted by Gasteiger charge is -2.13. The molecule has 0 spiro atoms. The van der Waals surface area contributed by atoms with Crippen LogP contribution in [0.4, 0.5) is 0 Å². The lowest BCUT2D eigenvalue weighted by atomic mass is 10.3. The molecule has 4 nitrogen and oxygen atoms in total. The largest absolute Gasteiger partial charge is 0.466 e. The van der Waals surface area contributed by atoms with Crippen LogP contribution in [0.25, 0.3) is 0 Å². The van der Waals surface area contributed by atoms with E-state index in [1.165, 1.54) is 0 Å². The van der Waals surface area contributed by atoms with Crippen LogP contribution in [0.2, 0.25) is 0 Å². The van der Waals surface area contributed by atoms with Crippen LogP contribution in [0.1, 0.15) is 33.1 Å². The van der Waals surface area contributed by atoms with Crippen LogP contribution >= 0.6 is 0 Å². The molecule has 94 valence electrons. The topological polar surface area (TPSA) is 52.6 Å². The Morgan fingerprint density at radius 2 is 2.38 bits per heavy atom. The smallest absolute Gasteiger partial charge is 0.306 e. The molecule has 1 saturated heterocycles. The van der Waals surface area contributed by atoms with Gasteiger partial charge >= 0.3 is 5.97 Å². The summed E-state index contributed by atoms with van der Waals surface area (Å²) in [6, 6.07) is 0. The van der Waals surface area contributed by atoms with Crippen molar-refractivity contribution >= 4 is 16.8 Å². The van der Waals surface area contributed by atoms with Gasteiger partial charge in [0.15, 0.2) is 0 Å². The van der Waals surface area contributed by atoms with Crippen LogP contribution in [0, 0.1) is 0 Å². The highest BCUT2D eigenvalue weighted by atomic mass is 32.2. The van der Waals surface area contributed by atoms with Gasteiger partial charge in [-0.05, 0) is 19.8 Å². The van der Waals surface area contributed by atoms with Crippen LogP contribution in [0.15, 0.2) is 0 Å². The number of rotatable bonds is 6. The van der Waals surface area contributed by atoms with Crippen LogP contribution in [-0.4, -0.2) is 40.5 Å². The molecule has 1 rings (SSSR count). The number of esters is 1. The number of carbonyl (C=O) groups excluding carboxylic acids is 1. The standard InChI is InChI=1S/C11H20O4S/c1-3-14-11(12)7-9(2)16(13)8-10-5-4-6-15-10/h9-10H,3-8H2,1-2H3. The first kappa shape index (κ1) is 13.6. The van der Waals surface area contributed by atoms with Crippen molar-refractivity contribution in [2.45, 2.75) is 44.5 Å². The fraction of sp³-hybridized carbons (Fsp3) is 0.909. The van der Waals surface area contributed by atoms with Gasteiger partial charge in [0.1, 0.15) is 0 Å². The third-order valence-electron chi connectivity index (χ3n) is 2.58. The lowest BCUT2D eigenvalue weighted by molar-refractivity contribution is -0.143. The zero-order valence-electron chi connectivity index (χ0n) is 9.94. The van der Waals surface area contributed by atoms with Gasteiger partial charge in [0.2, 0.25) is 0 Å². The van der Waals surface area contributed by atoms with Gasteiger partial charge in [-0.3, -0.25) is 9.00 Å². The Balaban J connectivity index is 2.26. The van der Waals surface area contributed by atoms with E-state index in [1.807, 2.05) is 6.92 Å². The van der Waals surface area contributed by atoms with Crippen molar-refractivity contribution in [1.82, 2.24) is 0 Å². The van der Waals surface area contributed by atoms with Crippen LogP contribution in [-0.2, 0) is 25.1 Å². The molecule has 0 bridgehead atoms. The summed E-state index contributed by atoms with van der Waals surface area (Å²) in [4.78, 5) is 11.2. The zero-order valence-corrected chi connectivity index (χ0v) is 10.8. The predicted molar refractivity (Wildman–Crippen MR) is 62.7 cm³/mol. The molecule has 16 heavy (non-hydrogen) atoms. The number of ether oxygens (including phenoxy) is 2. The average Bonchev–Trinajstić information content (AvgIpc) is 2.70. The minimum Gasteiger partial charge on any atom is -0.466 e. The lowest BCUT2D eigenvalue weighted by Crippen LogP contribution is -2.25. The van der Waals surface area contributed by atoms with E-state index in [2.05, 4.69) is 0 Å². The van der Waals surface area contributed by atoms with Gasteiger partial charge in [-0.1, -0.05) is 6.92 Å². The minimum atomic E-state index is -1.00. The first-order valence-electron chi connectivity index (χ1n) is 5.78. The Kier molecular flexibility index (Phi) is 5.98. The quantitative estimate of drug-likeness (QED) is 0.664. The average molecular weight is 248 g/mol. The summed E-state index contributed by atoms with van der Waals surface area (Å²) >= 11 is 0. The van der Waals surface area contributed by atoms with E-state index < -0.39 is 10.8 Å². The molecule has 1 aliphatic heterocycles. The molecule has 1 fully saturated rings. The SMILES string of the molecule is CCOC(=O)CC(C)S(=O)CC1CCCO1. The first-order chi connectivity index (χ1) is 7.63. The summed E-state index contributed by atoms with van der Waals surface area (Å²) in [6.45, 7) is 4.74. The molecule has 0 aliphatic carbocycles. The number of hydrogen-bond donors (Lipinski definition) is 0. The summed E-state index contributed by atoms with van der Waals surface area (Å²) in [5.74, 6) is 0.274. The maximum absolute atomic E-state index is 11.9.